The summed E-state index contributed by atoms with van der Waals surface area (Å²) in [4.78, 5) is 17.9. The molecule has 3 heterocycles. The smallest absolute Gasteiger partial charge is 0.192 e. The molecule has 0 atom stereocenters. The van der Waals surface area contributed by atoms with Gasteiger partial charge >= 0.3 is 0 Å². The Morgan fingerprint density at radius 1 is 1.03 bits per heavy atom. The van der Waals surface area contributed by atoms with Crippen LogP contribution in [-0.4, -0.2) is 27.0 Å². The van der Waals surface area contributed by atoms with E-state index < -0.39 is 0 Å². The Kier molecular flexibility index (Phi) is 4.44. The third-order valence-corrected chi connectivity index (χ3v) is 4.97. The van der Waals surface area contributed by atoms with Crippen LogP contribution in [0, 0.1) is 6.92 Å². The first-order valence-corrected chi connectivity index (χ1v) is 9.58. The van der Waals surface area contributed by atoms with Crippen LogP contribution in [-0.2, 0) is 0 Å². The monoisotopic (exact) mass is 417 g/mol. The summed E-state index contributed by atoms with van der Waals surface area (Å²) in [7, 11) is 1.62. The lowest BCUT2D eigenvalue weighted by molar-refractivity contribution is 0.415. The van der Waals surface area contributed by atoms with E-state index in [2.05, 4.69) is 15.3 Å². The van der Waals surface area contributed by atoms with Crippen molar-refractivity contribution >= 4 is 45.1 Å². The Hall–Kier alpha value is -3.71. The van der Waals surface area contributed by atoms with Crippen molar-refractivity contribution in [3.8, 4) is 17.1 Å². The molecule has 0 saturated carbocycles. The van der Waals surface area contributed by atoms with E-state index in [1.54, 1.807) is 32.5 Å². The van der Waals surface area contributed by atoms with Crippen molar-refractivity contribution in [3.05, 3.63) is 65.8 Å². The van der Waals surface area contributed by atoms with E-state index >= 15 is 0 Å². The third-order valence-electron chi connectivity index (χ3n) is 4.66. The molecule has 0 aliphatic rings. The highest BCUT2D eigenvalue weighted by Crippen LogP contribution is 2.34. The van der Waals surface area contributed by atoms with E-state index in [0.29, 0.717) is 45.1 Å². The highest BCUT2D eigenvalue weighted by molar-refractivity contribution is 6.34. The van der Waals surface area contributed by atoms with Crippen molar-refractivity contribution in [2.75, 3.05) is 12.4 Å². The number of anilines is 2. The summed E-state index contributed by atoms with van der Waals surface area (Å²) >= 11 is 6.51. The van der Waals surface area contributed by atoms with Gasteiger partial charge in [0.2, 0.25) is 0 Å². The van der Waals surface area contributed by atoms with Crippen LogP contribution in [0.1, 0.15) is 5.89 Å². The zero-order valence-corrected chi connectivity index (χ0v) is 16.9. The van der Waals surface area contributed by atoms with Gasteiger partial charge in [-0.15, -0.1) is 0 Å². The van der Waals surface area contributed by atoms with E-state index in [1.807, 2.05) is 36.4 Å². The number of hydrogen-bond donors (Lipinski definition) is 1. The average Bonchev–Trinajstić information content (AvgIpc) is 3.12. The number of oxazole rings is 1. The number of nitrogens with zero attached hydrogens (tertiary/aromatic N) is 4. The highest BCUT2D eigenvalue weighted by Gasteiger charge is 2.14. The Morgan fingerprint density at radius 3 is 2.73 bits per heavy atom. The normalized spacial score (nSPS) is 11.2. The largest absolute Gasteiger partial charge is 0.497 e. The van der Waals surface area contributed by atoms with Gasteiger partial charge in [0.05, 0.1) is 23.3 Å². The van der Waals surface area contributed by atoms with Crippen LogP contribution in [0.3, 0.4) is 0 Å². The Bertz CT molecular complexity index is 1390. The van der Waals surface area contributed by atoms with Gasteiger partial charge in [-0.05, 0) is 36.4 Å². The van der Waals surface area contributed by atoms with Crippen molar-refractivity contribution < 1.29 is 9.15 Å². The van der Waals surface area contributed by atoms with Crippen molar-refractivity contribution in [3.63, 3.8) is 0 Å². The number of aryl methyl sites for hydroxylation is 1. The van der Waals surface area contributed by atoms with Gasteiger partial charge in [0, 0.05) is 36.3 Å². The number of benzene rings is 2. The molecule has 1 N–H and O–H groups in total. The fraction of sp³-hybridized carbons (Fsp3) is 0.0909. The van der Waals surface area contributed by atoms with Crippen LogP contribution in [0.25, 0.3) is 33.4 Å². The maximum Gasteiger partial charge on any atom is 0.192 e. The van der Waals surface area contributed by atoms with Crippen LogP contribution in [0.2, 0.25) is 5.02 Å². The lowest BCUT2D eigenvalue weighted by atomic mass is 10.2. The molecular weight excluding hydrogens is 402 g/mol. The topological polar surface area (TPSA) is 86.0 Å². The van der Waals surface area contributed by atoms with Gasteiger partial charge in [-0.2, -0.15) is 0 Å². The Morgan fingerprint density at radius 2 is 1.93 bits per heavy atom. The van der Waals surface area contributed by atoms with Crippen molar-refractivity contribution in [1.82, 2.24) is 19.9 Å². The van der Waals surface area contributed by atoms with Crippen LogP contribution in [0.4, 0.5) is 11.5 Å². The van der Waals surface area contributed by atoms with Gasteiger partial charge in [-0.1, -0.05) is 11.6 Å². The molecule has 5 aromatic rings. The van der Waals surface area contributed by atoms with Gasteiger partial charge in [0.25, 0.3) is 0 Å². The van der Waals surface area contributed by atoms with Gasteiger partial charge in [-0.3, -0.25) is 4.98 Å². The predicted octanol–water partition coefficient (Wildman–Crippen LogP) is 5.55. The summed E-state index contributed by atoms with van der Waals surface area (Å²) in [5.41, 5.74) is 3.57. The molecule has 2 aromatic carbocycles. The summed E-state index contributed by atoms with van der Waals surface area (Å²) < 4.78 is 11.0. The number of rotatable bonds is 4. The van der Waals surface area contributed by atoms with Crippen molar-refractivity contribution in [1.29, 1.82) is 0 Å². The first-order chi connectivity index (χ1) is 14.6. The summed E-state index contributed by atoms with van der Waals surface area (Å²) in [6.45, 7) is 1.80. The van der Waals surface area contributed by atoms with Crippen molar-refractivity contribution in [2.24, 2.45) is 0 Å². The number of methoxy groups -OCH3 is 1. The fourth-order valence-electron chi connectivity index (χ4n) is 3.24. The molecule has 0 spiro atoms. The first-order valence-electron chi connectivity index (χ1n) is 9.20. The van der Waals surface area contributed by atoms with Gasteiger partial charge in [0.1, 0.15) is 17.1 Å². The molecule has 0 aliphatic heterocycles. The second-order valence-electron chi connectivity index (χ2n) is 6.68. The van der Waals surface area contributed by atoms with Crippen LogP contribution >= 0.6 is 11.6 Å². The molecule has 0 unspecified atom stereocenters. The lowest BCUT2D eigenvalue weighted by Gasteiger charge is -2.13. The van der Waals surface area contributed by atoms with Crippen LogP contribution in [0.5, 0.6) is 5.75 Å². The number of nitrogens with one attached hydrogen (secondary N) is 1. The molecule has 0 bridgehead atoms. The molecule has 0 radical (unpaired) electrons. The highest BCUT2D eigenvalue weighted by atomic mass is 35.5. The molecule has 5 rings (SSSR count). The second-order valence-corrected chi connectivity index (χ2v) is 7.09. The van der Waals surface area contributed by atoms with E-state index in [0.717, 1.165) is 16.5 Å². The van der Waals surface area contributed by atoms with Crippen molar-refractivity contribution in [2.45, 2.75) is 6.92 Å². The average molecular weight is 418 g/mol. The fourth-order valence-corrected chi connectivity index (χ4v) is 3.45. The van der Waals surface area contributed by atoms with E-state index in [9.17, 15) is 0 Å². The SMILES string of the molecule is COc1ccc2nc(-c3cccnc3)nc(Nc3cc4oc(C)nc4cc3Cl)c2c1. The molecule has 0 saturated heterocycles. The number of fused-ring (bicyclic) bond motifs is 2. The second kappa shape index (κ2) is 7.27. The third kappa shape index (κ3) is 3.29. The molecule has 148 valence electrons. The number of pyridine rings is 1. The molecule has 30 heavy (non-hydrogen) atoms. The van der Waals surface area contributed by atoms with Crippen LogP contribution < -0.4 is 10.1 Å². The molecule has 7 nitrogen and oxygen atoms in total. The quantitative estimate of drug-likeness (QED) is 0.410. The summed E-state index contributed by atoms with van der Waals surface area (Å²) in [5, 5.41) is 4.64. The molecular formula is C22H16ClN5O2. The zero-order valence-electron chi connectivity index (χ0n) is 16.2. The van der Waals surface area contributed by atoms with Gasteiger partial charge in [0.15, 0.2) is 17.3 Å². The number of aromatic nitrogens is 4. The zero-order chi connectivity index (χ0) is 20.7. The standard InChI is InChI=1S/C22H16ClN5O2/c1-12-25-19-9-16(23)18(10-20(19)30-12)27-22-15-8-14(29-2)5-6-17(15)26-21(28-22)13-4-3-7-24-11-13/h3-11H,1-2H3,(H,26,27,28). The Labute approximate surface area is 176 Å². The number of hydrogen-bond acceptors (Lipinski definition) is 7. The summed E-state index contributed by atoms with van der Waals surface area (Å²) in [6.07, 6.45) is 3.44. The first kappa shape index (κ1) is 18.3. The van der Waals surface area contributed by atoms with Gasteiger partial charge < -0.3 is 14.5 Å². The number of halogens is 1. The minimum Gasteiger partial charge on any atom is -0.497 e. The lowest BCUT2D eigenvalue weighted by Crippen LogP contribution is -2.00. The maximum absolute atomic E-state index is 6.51. The number of ether oxygens (including phenoxy) is 1. The summed E-state index contributed by atoms with van der Waals surface area (Å²) in [6, 6.07) is 13.0. The molecule has 0 fully saturated rings. The van der Waals surface area contributed by atoms with Crippen LogP contribution in [0.15, 0.2) is 59.3 Å². The molecule has 0 amide bonds. The Balaban J connectivity index is 1.69. The van der Waals surface area contributed by atoms with E-state index in [-0.39, 0.29) is 0 Å². The summed E-state index contributed by atoms with van der Waals surface area (Å²) in [5.74, 6) is 2.43. The predicted molar refractivity (Wildman–Crippen MR) is 116 cm³/mol. The minimum atomic E-state index is 0.508. The molecule has 8 heteroatoms. The minimum absolute atomic E-state index is 0.508. The van der Waals surface area contributed by atoms with Gasteiger partial charge in [-0.25, -0.2) is 15.0 Å². The van der Waals surface area contributed by atoms with E-state index in [4.69, 9.17) is 30.7 Å². The van der Waals surface area contributed by atoms with E-state index in [1.165, 1.54) is 0 Å². The molecule has 3 aromatic heterocycles. The maximum atomic E-state index is 6.51. The molecule has 0 aliphatic carbocycles.